The fourth-order valence-corrected chi connectivity index (χ4v) is 2.15. The Morgan fingerprint density at radius 2 is 1.50 bits per heavy atom. The van der Waals surface area contributed by atoms with E-state index in [4.69, 9.17) is 4.52 Å². The summed E-state index contributed by atoms with van der Waals surface area (Å²) in [7, 11) is 0. The number of hydrogen-bond donors (Lipinski definition) is 1. The van der Waals surface area contributed by atoms with Gasteiger partial charge in [0.15, 0.2) is 11.4 Å². The van der Waals surface area contributed by atoms with Crippen LogP contribution in [0.15, 0.2) is 47.0 Å². The fourth-order valence-electron chi connectivity index (χ4n) is 2.15. The summed E-state index contributed by atoms with van der Waals surface area (Å²) in [5, 5.41) is 6.25. The largest absolute Gasteiger partial charge is 0.420 e. The van der Waals surface area contributed by atoms with Gasteiger partial charge in [-0.3, -0.25) is 0 Å². The number of hydrogen-bond acceptors (Lipinski definition) is 3. The van der Waals surface area contributed by atoms with E-state index in [2.05, 4.69) is 10.5 Å². The Morgan fingerprint density at radius 3 is 2.08 bits per heavy atom. The van der Waals surface area contributed by atoms with Crippen molar-refractivity contribution in [1.82, 2.24) is 5.16 Å². The van der Waals surface area contributed by atoms with Gasteiger partial charge >= 0.3 is 12.4 Å². The van der Waals surface area contributed by atoms with E-state index in [1.807, 2.05) is 0 Å². The zero-order chi connectivity index (χ0) is 17.5. The molecule has 1 N–H and O–H groups in total. The summed E-state index contributed by atoms with van der Waals surface area (Å²) in [6.07, 6.45) is -9.08. The lowest BCUT2D eigenvalue weighted by Crippen LogP contribution is -2.05. The number of fused-ring (bicyclic) bond motifs is 1. The van der Waals surface area contributed by atoms with Crippen LogP contribution in [0.2, 0.25) is 0 Å². The monoisotopic (exact) mass is 346 g/mol. The molecule has 0 fully saturated rings. The normalized spacial score (nSPS) is 12.6. The molecular formula is C15H8F6N2O. The van der Waals surface area contributed by atoms with Crippen LogP contribution in [0, 0.1) is 0 Å². The van der Waals surface area contributed by atoms with Gasteiger partial charge in [-0.1, -0.05) is 11.2 Å². The molecular weight excluding hydrogens is 338 g/mol. The van der Waals surface area contributed by atoms with Gasteiger partial charge in [-0.15, -0.1) is 0 Å². The minimum atomic E-state index is -4.61. The molecule has 0 saturated carbocycles. The van der Waals surface area contributed by atoms with Crippen molar-refractivity contribution < 1.29 is 30.9 Å². The van der Waals surface area contributed by atoms with Gasteiger partial charge in [0.25, 0.3) is 0 Å². The Kier molecular flexibility index (Phi) is 3.66. The molecule has 0 aliphatic rings. The van der Waals surface area contributed by atoms with Crippen LogP contribution in [0.5, 0.6) is 0 Å². The van der Waals surface area contributed by atoms with E-state index in [0.717, 1.165) is 30.3 Å². The molecule has 1 heterocycles. The van der Waals surface area contributed by atoms with Crippen molar-refractivity contribution in [2.24, 2.45) is 0 Å². The van der Waals surface area contributed by atoms with E-state index in [1.165, 1.54) is 12.1 Å². The first-order valence-corrected chi connectivity index (χ1v) is 6.56. The maximum absolute atomic E-state index is 12.9. The van der Waals surface area contributed by atoms with Gasteiger partial charge in [0.05, 0.1) is 10.9 Å². The molecule has 1 aromatic heterocycles. The number of aromatic nitrogens is 1. The predicted octanol–water partition coefficient (Wildman–Crippen LogP) is 5.61. The van der Waals surface area contributed by atoms with E-state index >= 15 is 0 Å². The molecule has 2 aromatic carbocycles. The molecule has 0 amide bonds. The number of anilines is 2. The molecule has 0 saturated heterocycles. The van der Waals surface area contributed by atoms with E-state index in [9.17, 15) is 26.3 Å². The second-order valence-corrected chi connectivity index (χ2v) is 4.91. The number of benzene rings is 2. The summed E-state index contributed by atoms with van der Waals surface area (Å²) < 4.78 is 81.0. The highest BCUT2D eigenvalue weighted by Gasteiger charge is 2.35. The molecule has 3 aromatic rings. The quantitative estimate of drug-likeness (QED) is 0.613. The van der Waals surface area contributed by atoms with Crippen molar-refractivity contribution in [2.75, 3.05) is 5.32 Å². The van der Waals surface area contributed by atoms with Crippen LogP contribution >= 0.6 is 0 Å². The first-order valence-electron chi connectivity index (χ1n) is 6.56. The number of nitrogens with one attached hydrogen (secondary N) is 1. The van der Waals surface area contributed by atoms with Crippen LogP contribution in [0.4, 0.5) is 37.8 Å². The third-order valence-electron chi connectivity index (χ3n) is 3.28. The van der Waals surface area contributed by atoms with E-state index in [0.29, 0.717) is 0 Å². The third kappa shape index (κ3) is 3.01. The van der Waals surface area contributed by atoms with Crippen molar-refractivity contribution in [3.8, 4) is 0 Å². The zero-order valence-corrected chi connectivity index (χ0v) is 11.7. The fraction of sp³-hybridized carbons (Fsp3) is 0.133. The van der Waals surface area contributed by atoms with Crippen LogP contribution in [0.3, 0.4) is 0 Å². The number of para-hydroxylation sites is 1. The maximum Gasteiger partial charge on any atom is 0.420 e. The third-order valence-corrected chi connectivity index (χ3v) is 3.28. The van der Waals surface area contributed by atoms with Crippen LogP contribution in [0.25, 0.3) is 11.0 Å². The molecule has 0 unspecified atom stereocenters. The lowest BCUT2D eigenvalue weighted by atomic mass is 10.1. The Bertz CT molecular complexity index is 864. The first-order chi connectivity index (χ1) is 11.2. The lowest BCUT2D eigenvalue weighted by Gasteiger charge is -2.08. The molecule has 0 radical (unpaired) electrons. The molecule has 24 heavy (non-hydrogen) atoms. The molecule has 3 rings (SSSR count). The van der Waals surface area contributed by atoms with Gasteiger partial charge in [0.2, 0.25) is 0 Å². The number of nitrogens with zero attached hydrogens (tertiary/aromatic N) is 1. The van der Waals surface area contributed by atoms with E-state index in [1.54, 1.807) is 0 Å². The standard InChI is InChI=1S/C15H8F6N2O/c16-14(17,18)8-4-6-9(7-5-8)22-13-10-2-1-3-11(15(19,20)21)12(10)24-23-13/h1-7H,(H,22,23). The zero-order valence-electron chi connectivity index (χ0n) is 11.7. The second-order valence-electron chi connectivity index (χ2n) is 4.91. The number of rotatable bonds is 2. The van der Waals surface area contributed by atoms with Crippen LogP contribution < -0.4 is 5.32 Å². The Balaban J connectivity index is 1.94. The van der Waals surface area contributed by atoms with E-state index in [-0.39, 0.29) is 16.9 Å². The van der Waals surface area contributed by atoms with Crippen molar-refractivity contribution in [2.45, 2.75) is 12.4 Å². The van der Waals surface area contributed by atoms with Gasteiger partial charge in [-0.05, 0) is 36.4 Å². The minimum absolute atomic E-state index is 0.0177. The molecule has 9 heteroatoms. The number of alkyl halides is 6. The summed E-state index contributed by atoms with van der Waals surface area (Å²) in [5.74, 6) is -0.0177. The summed E-state index contributed by atoms with van der Waals surface area (Å²) in [4.78, 5) is 0. The topological polar surface area (TPSA) is 38.1 Å². The van der Waals surface area contributed by atoms with Gasteiger partial charge in [0.1, 0.15) is 5.56 Å². The van der Waals surface area contributed by atoms with Crippen molar-refractivity contribution in [3.63, 3.8) is 0 Å². The first kappa shape index (κ1) is 16.2. The number of halogens is 6. The van der Waals surface area contributed by atoms with Crippen LogP contribution in [0.1, 0.15) is 11.1 Å². The van der Waals surface area contributed by atoms with Gasteiger partial charge in [0, 0.05) is 5.69 Å². The molecule has 0 aliphatic heterocycles. The molecule has 0 aliphatic carbocycles. The van der Waals surface area contributed by atoms with Gasteiger partial charge < -0.3 is 9.84 Å². The molecule has 0 bridgehead atoms. The Hall–Kier alpha value is -2.71. The Morgan fingerprint density at radius 1 is 0.833 bits per heavy atom. The average Bonchev–Trinajstić information content (AvgIpc) is 2.89. The average molecular weight is 346 g/mol. The maximum atomic E-state index is 12.9. The molecule has 3 nitrogen and oxygen atoms in total. The summed E-state index contributed by atoms with van der Waals surface area (Å²) >= 11 is 0. The molecule has 126 valence electrons. The van der Waals surface area contributed by atoms with Crippen molar-refractivity contribution in [1.29, 1.82) is 0 Å². The van der Waals surface area contributed by atoms with Crippen LogP contribution in [-0.2, 0) is 12.4 Å². The summed E-state index contributed by atoms with van der Waals surface area (Å²) in [6.45, 7) is 0. The van der Waals surface area contributed by atoms with Gasteiger partial charge in [-0.2, -0.15) is 26.3 Å². The highest BCUT2D eigenvalue weighted by molar-refractivity contribution is 5.92. The molecule has 0 spiro atoms. The molecule has 0 atom stereocenters. The van der Waals surface area contributed by atoms with Crippen molar-refractivity contribution in [3.05, 3.63) is 53.6 Å². The minimum Gasteiger partial charge on any atom is -0.353 e. The highest BCUT2D eigenvalue weighted by atomic mass is 19.4. The lowest BCUT2D eigenvalue weighted by molar-refractivity contribution is -0.138. The second kappa shape index (κ2) is 5.43. The Labute approximate surface area is 130 Å². The van der Waals surface area contributed by atoms with Gasteiger partial charge in [-0.25, -0.2) is 0 Å². The predicted molar refractivity (Wildman–Crippen MR) is 73.7 cm³/mol. The highest BCUT2D eigenvalue weighted by Crippen LogP contribution is 2.37. The summed E-state index contributed by atoms with van der Waals surface area (Å²) in [5.41, 5.74) is -2.03. The summed E-state index contributed by atoms with van der Waals surface area (Å²) in [6, 6.07) is 7.43. The van der Waals surface area contributed by atoms with Crippen LogP contribution in [-0.4, -0.2) is 5.16 Å². The smallest absolute Gasteiger partial charge is 0.353 e. The van der Waals surface area contributed by atoms with Crippen molar-refractivity contribution >= 4 is 22.5 Å². The van der Waals surface area contributed by atoms with E-state index < -0.39 is 29.1 Å². The SMILES string of the molecule is FC(F)(F)c1ccc(Nc2noc3c(C(F)(F)F)cccc23)cc1.